The predicted molar refractivity (Wildman–Crippen MR) is 63.9 cm³/mol. The molecular formula is C9H12ClN3O2S. The van der Waals surface area contributed by atoms with Crippen LogP contribution in [-0.2, 0) is 0 Å². The van der Waals surface area contributed by atoms with E-state index in [-0.39, 0.29) is 10.8 Å². The van der Waals surface area contributed by atoms with Crippen molar-refractivity contribution in [2.24, 2.45) is 5.92 Å². The van der Waals surface area contributed by atoms with Gasteiger partial charge >= 0.3 is 5.69 Å². The normalized spacial score (nSPS) is 10.8. The van der Waals surface area contributed by atoms with Gasteiger partial charge in [0.05, 0.1) is 4.92 Å². The maximum Gasteiger partial charge on any atom is 0.338 e. The number of halogens is 1. The summed E-state index contributed by atoms with van der Waals surface area (Å²) in [5, 5.41) is 11.0. The standard InChI is InChI=1S/C9H12ClN3O2S/c1-6(2)3-4-16-9-7(13(14)15)8(10)11-5-12-9/h5-6H,3-4H2,1-2H3. The fraction of sp³-hybridized carbons (Fsp3) is 0.556. The van der Waals surface area contributed by atoms with Gasteiger partial charge in [0, 0.05) is 0 Å². The van der Waals surface area contributed by atoms with E-state index < -0.39 is 4.92 Å². The maximum atomic E-state index is 10.8. The van der Waals surface area contributed by atoms with Crippen LogP contribution in [0.1, 0.15) is 20.3 Å². The first kappa shape index (κ1) is 13.2. The van der Waals surface area contributed by atoms with Gasteiger partial charge in [0.1, 0.15) is 6.33 Å². The second-order valence-electron chi connectivity index (χ2n) is 3.61. The fourth-order valence-corrected chi connectivity index (χ4v) is 2.46. The van der Waals surface area contributed by atoms with E-state index in [0.29, 0.717) is 10.9 Å². The van der Waals surface area contributed by atoms with Crippen molar-refractivity contribution in [3.63, 3.8) is 0 Å². The minimum absolute atomic E-state index is 0.105. The van der Waals surface area contributed by atoms with E-state index in [0.717, 1.165) is 12.2 Å². The van der Waals surface area contributed by atoms with Crippen LogP contribution in [0.5, 0.6) is 0 Å². The number of nitro groups is 1. The van der Waals surface area contributed by atoms with Crippen LogP contribution in [0.15, 0.2) is 11.4 Å². The summed E-state index contributed by atoms with van der Waals surface area (Å²) < 4.78 is 0. The zero-order valence-electron chi connectivity index (χ0n) is 9.01. The number of nitrogens with zero attached hydrogens (tertiary/aromatic N) is 3. The summed E-state index contributed by atoms with van der Waals surface area (Å²) in [5.41, 5.74) is -0.196. The molecule has 0 saturated carbocycles. The molecule has 0 aliphatic rings. The van der Waals surface area contributed by atoms with Gasteiger partial charge in [0.15, 0.2) is 5.03 Å². The molecule has 0 spiro atoms. The topological polar surface area (TPSA) is 68.9 Å². The number of aromatic nitrogens is 2. The lowest BCUT2D eigenvalue weighted by molar-refractivity contribution is -0.388. The van der Waals surface area contributed by atoms with Gasteiger partial charge in [0.25, 0.3) is 0 Å². The molecule has 16 heavy (non-hydrogen) atoms. The summed E-state index contributed by atoms with van der Waals surface area (Å²) >= 11 is 7.00. The molecule has 1 aromatic heterocycles. The summed E-state index contributed by atoms with van der Waals surface area (Å²) in [6, 6.07) is 0. The molecule has 88 valence electrons. The fourth-order valence-electron chi connectivity index (χ4n) is 0.993. The average molecular weight is 262 g/mol. The lowest BCUT2D eigenvalue weighted by atomic mass is 10.2. The molecule has 0 saturated heterocycles. The van der Waals surface area contributed by atoms with E-state index in [1.807, 2.05) is 0 Å². The van der Waals surface area contributed by atoms with Gasteiger partial charge in [-0.05, 0) is 18.1 Å². The van der Waals surface area contributed by atoms with Gasteiger partial charge < -0.3 is 0 Å². The molecule has 0 unspecified atom stereocenters. The summed E-state index contributed by atoms with van der Waals surface area (Å²) in [7, 11) is 0. The van der Waals surface area contributed by atoms with Gasteiger partial charge in [-0.3, -0.25) is 10.1 Å². The Hall–Kier alpha value is -0.880. The molecule has 1 rings (SSSR count). The second kappa shape index (κ2) is 6.00. The molecule has 0 radical (unpaired) electrons. The van der Waals surface area contributed by atoms with Crippen molar-refractivity contribution in [1.82, 2.24) is 9.97 Å². The van der Waals surface area contributed by atoms with Crippen molar-refractivity contribution in [1.29, 1.82) is 0 Å². The van der Waals surface area contributed by atoms with E-state index in [2.05, 4.69) is 23.8 Å². The summed E-state index contributed by atoms with van der Waals surface area (Å²) in [4.78, 5) is 17.7. The van der Waals surface area contributed by atoms with E-state index >= 15 is 0 Å². The molecule has 1 aromatic rings. The molecular weight excluding hydrogens is 250 g/mol. The third-order valence-corrected chi connectivity index (χ3v) is 3.15. The van der Waals surface area contributed by atoms with E-state index in [9.17, 15) is 10.1 Å². The lowest BCUT2D eigenvalue weighted by Crippen LogP contribution is -1.98. The van der Waals surface area contributed by atoms with Gasteiger partial charge in [-0.15, -0.1) is 0 Å². The first-order valence-corrected chi connectivity index (χ1v) is 6.16. The van der Waals surface area contributed by atoms with Crippen LogP contribution < -0.4 is 0 Å². The van der Waals surface area contributed by atoms with Gasteiger partial charge in [0.2, 0.25) is 5.15 Å². The van der Waals surface area contributed by atoms with Crippen LogP contribution in [0.25, 0.3) is 0 Å². The van der Waals surface area contributed by atoms with Crippen LogP contribution in [0.2, 0.25) is 5.15 Å². The molecule has 0 N–H and O–H groups in total. The van der Waals surface area contributed by atoms with Crippen molar-refractivity contribution in [3.05, 3.63) is 21.6 Å². The van der Waals surface area contributed by atoms with E-state index in [1.54, 1.807) is 0 Å². The van der Waals surface area contributed by atoms with Crippen LogP contribution in [-0.4, -0.2) is 20.6 Å². The number of rotatable bonds is 5. The predicted octanol–water partition coefficient (Wildman–Crippen LogP) is 3.18. The highest BCUT2D eigenvalue weighted by atomic mass is 35.5. The Balaban J connectivity index is 2.79. The highest BCUT2D eigenvalue weighted by molar-refractivity contribution is 7.99. The SMILES string of the molecule is CC(C)CCSc1ncnc(Cl)c1[N+](=O)[O-]. The van der Waals surface area contributed by atoms with E-state index in [4.69, 9.17) is 11.6 Å². The summed E-state index contributed by atoms with van der Waals surface area (Å²) in [6.45, 7) is 4.20. The molecule has 0 aromatic carbocycles. The zero-order valence-corrected chi connectivity index (χ0v) is 10.6. The number of thioether (sulfide) groups is 1. The van der Waals surface area contributed by atoms with Crippen molar-refractivity contribution in [2.45, 2.75) is 25.3 Å². The van der Waals surface area contributed by atoms with E-state index in [1.165, 1.54) is 18.1 Å². The van der Waals surface area contributed by atoms with Crippen molar-refractivity contribution in [2.75, 3.05) is 5.75 Å². The quantitative estimate of drug-likeness (QED) is 0.352. The van der Waals surface area contributed by atoms with Crippen LogP contribution in [0, 0.1) is 16.0 Å². The Kier molecular flexibility index (Phi) is 4.95. The molecule has 1 heterocycles. The molecule has 0 atom stereocenters. The number of hydrogen-bond acceptors (Lipinski definition) is 5. The Morgan fingerprint density at radius 2 is 2.25 bits per heavy atom. The Morgan fingerprint density at radius 3 is 2.81 bits per heavy atom. The third-order valence-electron chi connectivity index (χ3n) is 1.86. The van der Waals surface area contributed by atoms with Crippen molar-refractivity contribution < 1.29 is 4.92 Å². The lowest BCUT2D eigenvalue weighted by Gasteiger charge is -2.04. The monoisotopic (exact) mass is 261 g/mol. The third kappa shape index (κ3) is 3.61. The smallest absolute Gasteiger partial charge is 0.258 e. The van der Waals surface area contributed by atoms with Crippen LogP contribution in [0.3, 0.4) is 0 Å². The molecule has 7 heteroatoms. The summed E-state index contributed by atoms with van der Waals surface area (Å²) in [6.07, 6.45) is 2.22. The van der Waals surface area contributed by atoms with Crippen molar-refractivity contribution >= 4 is 29.1 Å². The first-order valence-electron chi connectivity index (χ1n) is 4.80. The second-order valence-corrected chi connectivity index (χ2v) is 5.05. The zero-order chi connectivity index (χ0) is 12.1. The minimum atomic E-state index is -0.542. The molecule has 5 nitrogen and oxygen atoms in total. The molecule has 0 fully saturated rings. The Morgan fingerprint density at radius 1 is 1.56 bits per heavy atom. The highest BCUT2D eigenvalue weighted by Gasteiger charge is 2.21. The van der Waals surface area contributed by atoms with Gasteiger partial charge in [-0.1, -0.05) is 37.2 Å². The average Bonchev–Trinajstić information content (AvgIpc) is 2.16. The van der Waals surface area contributed by atoms with Crippen molar-refractivity contribution in [3.8, 4) is 0 Å². The molecule has 0 aliphatic heterocycles. The molecule has 0 bridgehead atoms. The Bertz CT molecular complexity index is 387. The van der Waals surface area contributed by atoms with Crippen LogP contribution in [0.4, 0.5) is 5.69 Å². The Labute approximate surface area is 103 Å². The van der Waals surface area contributed by atoms with Gasteiger partial charge in [-0.25, -0.2) is 9.97 Å². The largest absolute Gasteiger partial charge is 0.338 e. The minimum Gasteiger partial charge on any atom is -0.258 e. The molecule has 0 amide bonds. The van der Waals surface area contributed by atoms with Gasteiger partial charge in [-0.2, -0.15) is 0 Å². The first-order chi connectivity index (χ1) is 7.52. The van der Waals surface area contributed by atoms with Crippen LogP contribution >= 0.6 is 23.4 Å². The summed E-state index contributed by atoms with van der Waals surface area (Å²) in [5.74, 6) is 1.34. The molecule has 0 aliphatic carbocycles. The highest BCUT2D eigenvalue weighted by Crippen LogP contribution is 2.32. The maximum absolute atomic E-state index is 10.8. The number of hydrogen-bond donors (Lipinski definition) is 0.